The molecule has 2 N–H and O–H groups in total. The van der Waals surface area contributed by atoms with Crippen molar-refractivity contribution in [3.8, 4) is 0 Å². The summed E-state index contributed by atoms with van der Waals surface area (Å²) >= 11 is 5.73. The molecule has 0 fully saturated rings. The topological polar surface area (TPSA) is 45.1 Å². The van der Waals surface area contributed by atoms with E-state index in [-0.39, 0.29) is 12.6 Å². The summed E-state index contributed by atoms with van der Waals surface area (Å²) in [5.74, 6) is 0. The third-order valence-electron chi connectivity index (χ3n) is 2.58. The lowest BCUT2D eigenvalue weighted by atomic mass is 10.1. The van der Waals surface area contributed by atoms with Gasteiger partial charge in [-0.3, -0.25) is 0 Å². The number of nitrogens with zero attached hydrogens (tertiary/aromatic N) is 1. The van der Waals surface area contributed by atoms with Crippen molar-refractivity contribution in [3.05, 3.63) is 29.0 Å². The van der Waals surface area contributed by atoms with Gasteiger partial charge in [-0.15, -0.1) is 0 Å². The second-order valence-electron chi connectivity index (χ2n) is 4.07. The van der Waals surface area contributed by atoms with Gasteiger partial charge in [0.15, 0.2) is 0 Å². The zero-order chi connectivity index (χ0) is 12.0. The maximum atomic E-state index is 8.74. The summed E-state index contributed by atoms with van der Waals surface area (Å²) in [6.45, 7) is 4.47. The number of pyridine rings is 1. The predicted octanol–water partition coefficient (Wildman–Crippen LogP) is 2.55. The molecule has 4 heteroatoms. The van der Waals surface area contributed by atoms with Crippen molar-refractivity contribution in [2.24, 2.45) is 0 Å². The van der Waals surface area contributed by atoms with E-state index in [1.54, 1.807) is 12.3 Å². The van der Waals surface area contributed by atoms with Crippen LogP contribution in [0.4, 0.5) is 0 Å². The number of hydrogen-bond donors (Lipinski definition) is 2. The molecule has 0 bridgehead atoms. The summed E-state index contributed by atoms with van der Waals surface area (Å²) in [5, 5.41) is 12.7. The van der Waals surface area contributed by atoms with E-state index < -0.39 is 0 Å². The molecule has 0 aromatic carbocycles. The molecular weight excluding hydrogens is 224 g/mol. The molecule has 2 unspecified atom stereocenters. The molecule has 0 spiro atoms. The molecule has 1 heterocycles. The molecular formula is C12H19ClN2O. The van der Waals surface area contributed by atoms with Crippen LogP contribution < -0.4 is 5.32 Å². The lowest BCUT2D eigenvalue weighted by molar-refractivity contribution is 0.274. The van der Waals surface area contributed by atoms with Gasteiger partial charge in [0.2, 0.25) is 0 Å². The first-order valence-corrected chi connectivity index (χ1v) is 5.99. The van der Waals surface area contributed by atoms with Gasteiger partial charge in [0.1, 0.15) is 5.15 Å². The highest BCUT2D eigenvalue weighted by Gasteiger charge is 2.09. The normalized spacial score (nSPS) is 14.8. The monoisotopic (exact) mass is 242 g/mol. The van der Waals surface area contributed by atoms with Crippen LogP contribution in [0.15, 0.2) is 18.3 Å². The van der Waals surface area contributed by atoms with Crippen molar-refractivity contribution < 1.29 is 5.11 Å². The minimum atomic E-state index is 0.249. The van der Waals surface area contributed by atoms with Gasteiger partial charge in [-0.05, 0) is 38.3 Å². The van der Waals surface area contributed by atoms with Gasteiger partial charge < -0.3 is 10.4 Å². The van der Waals surface area contributed by atoms with Crippen LogP contribution in [0.3, 0.4) is 0 Å². The van der Waals surface area contributed by atoms with E-state index in [2.05, 4.69) is 24.1 Å². The van der Waals surface area contributed by atoms with Gasteiger partial charge in [0.25, 0.3) is 0 Å². The quantitative estimate of drug-likeness (QED) is 0.754. The average molecular weight is 243 g/mol. The van der Waals surface area contributed by atoms with Crippen LogP contribution in [-0.4, -0.2) is 22.7 Å². The molecule has 0 aliphatic heterocycles. The number of aromatic nitrogens is 1. The summed E-state index contributed by atoms with van der Waals surface area (Å²) in [7, 11) is 0. The second kappa shape index (κ2) is 6.84. The van der Waals surface area contributed by atoms with Crippen LogP contribution in [0.2, 0.25) is 5.15 Å². The SMILES string of the molecule is CC(CCCO)NC(C)c1ccc(Cl)nc1. The number of hydrogen-bond acceptors (Lipinski definition) is 3. The van der Waals surface area contributed by atoms with Crippen molar-refractivity contribution in [1.82, 2.24) is 10.3 Å². The van der Waals surface area contributed by atoms with Crippen molar-refractivity contribution in [1.29, 1.82) is 0 Å². The molecule has 1 rings (SSSR count). The van der Waals surface area contributed by atoms with Crippen LogP contribution >= 0.6 is 11.6 Å². The van der Waals surface area contributed by atoms with Crippen LogP contribution in [0.1, 0.15) is 38.3 Å². The van der Waals surface area contributed by atoms with E-state index in [0.29, 0.717) is 11.2 Å². The van der Waals surface area contributed by atoms with Crippen molar-refractivity contribution in [3.63, 3.8) is 0 Å². The fourth-order valence-electron chi connectivity index (χ4n) is 1.65. The Bertz CT molecular complexity index is 302. The third kappa shape index (κ3) is 4.47. The van der Waals surface area contributed by atoms with Gasteiger partial charge in [0, 0.05) is 24.9 Å². The Kier molecular flexibility index (Phi) is 5.74. The Morgan fingerprint density at radius 2 is 2.19 bits per heavy atom. The maximum Gasteiger partial charge on any atom is 0.129 e. The Labute approximate surface area is 102 Å². The highest BCUT2D eigenvalue weighted by Crippen LogP contribution is 2.14. The smallest absolute Gasteiger partial charge is 0.129 e. The lowest BCUT2D eigenvalue weighted by Gasteiger charge is -2.19. The van der Waals surface area contributed by atoms with E-state index in [9.17, 15) is 0 Å². The minimum Gasteiger partial charge on any atom is -0.396 e. The molecule has 0 radical (unpaired) electrons. The molecule has 0 saturated carbocycles. The minimum absolute atomic E-state index is 0.249. The third-order valence-corrected chi connectivity index (χ3v) is 2.80. The molecule has 2 atom stereocenters. The highest BCUT2D eigenvalue weighted by molar-refractivity contribution is 6.29. The fraction of sp³-hybridized carbons (Fsp3) is 0.583. The largest absolute Gasteiger partial charge is 0.396 e. The summed E-state index contributed by atoms with van der Waals surface area (Å²) in [6.07, 6.45) is 3.60. The van der Waals surface area contributed by atoms with Crippen molar-refractivity contribution >= 4 is 11.6 Å². The Morgan fingerprint density at radius 3 is 2.75 bits per heavy atom. The summed E-state index contributed by atoms with van der Waals surface area (Å²) in [5.41, 5.74) is 1.13. The predicted molar refractivity (Wildman–Crippen MR) is 66.6 cm³/mol. The standard InChI is InChI=1S/C12H19ClN2O/c1-9(4-3-7-16)15-10(2)11-5-6-12(13)14-8-11/h5-6,8-10,15-16H,3-4,7H2,1-2H3. The van der Waals surface area contributed by atoms with Gasteiger partial charge >= 0.3 is 0 Å². The van der Waals surface area contributed by atoms with Crippen LogP contribution in [0.25, 0.3) is 0 Å². The summed E-state index contributed by atoms with van der Waals surface area (Å²) < 4.78 is 0. The zero-order valence-corrected chi connectivity index (χ0v) is 10.5. The second-order valence-corrected chi connectivity index (χ2v) is 4.46. The molecule has 1 aromatic rings. The van der Waals surface area contributed by atoms with Gasteiger partial charge in [-0.2, -0.15) is 0 Å². The van der Waals surface area contributed by atoms with E-state index in [1.165, 1.54) is 0 Å². The van der Waals surface area contributed by atoms with Crippen LogP contribution in [0, 0.1) is 0 Å². The molecule has 0 amide bonds. The first-order chi connectivity index (χ1) is 7.63. The number of rotatable bonds is 6. The summed E-state index contributed by atoms with van der Waals surface area (Å²) in [6, 6.07) is 4.41. The molecule has 1 aromatic heterocycles. The number of nitrogens with one attached hydrogen (secondary N) is 1. The first-order valence-electron chi connectivity index (χ1n) is 5.62. The summed E-state index contributed by atoms with van der Waals surface area (Å²) in [4.78, 5) is 4.06. The Hall–Kier alpha value is -0.640. The lowest BCUT2D eigenvalue weighted by Crippen LogP contribution is -2.29. The molecule has 0 saturated heterocycles. The van der Waals surface area contributed by atoms with Crippen LogP contribution in [0.5, 0.6) is 0 Å². The zero-order valence-electron chi connectivity index (χ0n) is 9.78. The number of halogens is 1. The Morgan fingerprint density at radius 1 is 1.44 bits per heavy atom. The van der Waals surface area contributed by atoms with E-state index in [0.717, 1.165) is 18.4 Å². The average Bonchev–Trinajstić information content (AvgIpc) is 2.27. The number of aliphatic hydroxyl groups is 1. The van der Waals surface area contributed by atoms with Gasteiger partial charge in [0.05, 0.1) is 0 Å². The fourth-order valence-corrected chi connectivity index (χ4v) is 1.76. The first kappa shape index (κ1) is 13.4. The molecule has 3 nitrogen and oxygen atoms in total. The Balaban J connectivity index is 2.45. The van der Waals surface area contributed by atoms with E-state index in [4.69, 9.17) is 16.7 Å². The van der Waals surface area contributed by atoms with E-state index in [1.807, 2.05) is 6.07 Å². The molecule has 90 valence electrons. The van der Waals surface area contributed by atoms with Crippen LogP contribution in [-0.2, 0) is 0 Å². The molecule has 0 aliphatic carbocycles. The van der Waals surface area contributed by atoms with E-state index >= 15 is 0 Å². The van der Waals surface area contributed by atoms with Crippen molar-refractivity contribution in [2.75, 3.05) is 6.61 Å². The molecule has 16 heavy (non-hydrogen) atoms. The number of aliphatic hydroxyl groups excluding tert-OH is 1. The van der Waals surface area contributed by atoms with Gasteiger partial charge in [-0.1, -0.05) is 17.7 Å². The maximum absolute atomic E-state index is 8.74. The molecule has 0 aliphatic rings. The van der Waals surface area contributed by atoms with Crippen molar-refractivity contribution in [2.45, 2.75) is 38.8 Å². The highest BCUT2D eigenvalue weighted by atomic mass is 35.5. The van der Waals surface area contributed by atoms with Gasteiger partial charge in [-0.25, -0.2) is 4.98 Å².